The van der Waals surface area contributed by atoms with Crippen LogP contribution in [0.4, 0.5) is 0 Å². The summed E-state index contributed by atoms with van der Waals surface area (Å²) in [6, 6.07) is 0. The van der Waals surface area contributed by atoms with Crippen LogP contribution >= 0.6 is 0 Å². The maximum atomic E-state index is 5.82. The van der Waals surface area contributed by atoms with Gasteiger partial charge in [0.15, 0.2) is 0 Å². The fraction of sp³-hybridized carbons (Fsp3) is 0.846. The van der Waals surface area contributed by atoms with E-state index in [1.54, 1.807) is 0 Å². The lowest BCUT2D eigenvalue weighted by molar-refractivity contribution is 0.0843. The standard InChI is InChI=1S/C13H32N2O3Si2/c1-8-16-20(17-9-2,18-10-3)12-11-19-13(14(4)5)15(6)7/h11-13H,8-10,19H2,1-7H3. The van der Waals surface area contributed by atoms with Crippen molar-refractivity contribution in [2.24, 2.45) is 0 Å². The Bertz CT molecular complexity index is 251. The van der Waals surface area contributed by atoms with Crippen LogP contribution in [0.5, 0.6) is 0 Å². The van der Waals surface area contributed by atoms with Crippen molar-refractivity contribution in [3.8, 4) is 0 Å². The van der Waals surface area contributed by atoms with E-state index >= 15 is 0 Å². The Hall–Kier alpha value is -0.0262. The van der Waals surface area contributed by atoms with Crippen molar-refractivity contribution in [3.05, 3.63) is 11.4 Å². The number of rotatable bonds is 11. The van der Waals surface area contributed by atoms with E-state index in [9.17, 15) is 0 Å². The SMILES string of the molecule is CCO[Si](C=C[SiH2]C(N(C)C)N(C)C)(OCC)OCC. The van der Waals surface area contributed by atoms with E-state index in [-0.39, 0.29) is 0 Å². The summed E-state index contributed by atoms with van der Waals surface area (Å²) >= 11 is 0. The van der Waals surface area contributed by atoms with Gasteiger partial charge in [-0.05, 0) is 54.7 Å². The van der Waals surface area contributed by atoms with Gasteiger partial charge >= 0.3 is 8.80 Å². The minimum Gasteiger partial charge on any atom is -0.371 e. The van der Waals surface area contributed by atoms with Gasteiger partial charge in [0.25, 0.3) is 0 Å². The first kappa shape index (κ1) is 20.0. The monoisotopic (exact) mass is 320 g/mol. The second kappa shape index (κ2) is 10.7. The Balaban J connectivity index is 4.81. The highest BCUT2D eigenvalue weighted by atomic mass is 28.4. The zero-order chi connectivity index (χ0) is 15.6. The van der Waals surface area contributed by atoms with Gasteiger partial charge in [-0.15, -0.1) is 0 Å². The first-order valence-corrected chi connectivity index (χ1v) is 10.8. The maximum Gasteiger partial charge on any atom is 0.528 e. The fourth-order valence-corrected chi connectivity index (χ4v) is 6.62. The zero-order valence-corrected chi connectivity index (χ0v) is 16.6. The van der Waals surface area contributed by atoms with Crippen LogP contribution < -0.4 is 0 Å². The minimum atomic E-state index is -2.61. The van der Waals surface area contributed by atoms with Gasteiger partial charge in [-0.25, -0.2) is 0 Å². The van der Waals surface area contributed by atoms with E-state index < -0.39 is 18.3 Å². The van der Waals surface area contributed by atoms with Gasteiger partial charge in [-0.2, -0.15) is 0 Å². The molecule has 7 heteroatoms. The van der Waals surface area contributed by atoms with E-state index in [1.165, 1.54) is 0 Å². The van der Waals surface area contributed by atoms with E-state index in [4.69, 9.17) is 13.3 Å². The summed E-state index contributed by atoms with van der Waals surface area (Å²) in [5, 5.41) is 0. The summed E-state index contributed by atoms with van der Waals surface area (Å²) in [5.41, 5.74) is 4.34. The van der Waals surface area contributed by atoms with Crippen LogP contribution in [0, 0.1) is 0 Å². The van der Waals surface area contributed by atoms with Crippen LogP contribution in [-0.2, 0) is 13.3 Å². The molecule has 0 aromatic carbocycles. The third-order valence-corrected chi connectivity index (χ3v) is 8.48. The predicted octanol–water partition coefficient (Wildman–Crippen LogP) is 0.663. The van der Waals surface area contributed by atoms with E-state index in [0.717, 1.165) is 0 Å². The van der Waals surface area contributed by atoms with Gasteiger partial charge in [0.2, 0.25) is 0 Å². The van der Waals surface area contributed by atoms with E-state index in [1.807, 2.05) is 20.8 Å². The molecule has 0 radical (unpaired) electrons. The van der Waals surface area contributed by atoms with Gasteiger partial charge in [-0.3, -0.25) is 9.80 Å². The average molecular weight is 321 g/mol. The van der Waals surface area contributed by atoms with Crippen molar-refractivity contribution in [1.82, 2.24) is 9.80 Å². The molecule has 0 saturated heterocycles. The Labute approximate surface area is 128 Å². The molecule has 0 aliphatic rings. The van der Waals surface area contributed by atoms with Crippen LogP contribution in [0.3, 0.4) is 0 Å². The summed E-state index contributed by atoms with van der Waals surface area (Å²) in [6.45, 7) is 7.78. The Morgan fingerprint density at radius 3 is 1.60 bits per heavy atom. The topological polar surface area (TPSA) is 34.2 Å². The van der Waals surface area contributed by atoms with Crippen molar-refractivity contribution < 1.29 is 13.3 Å². The summed E-state index contributed by atoms with van der Waals surface area (Å²) in [4.78, 5) is 4.50. The molecule has 0 aliphatic carbocycles. The predicted molar refractivity (Wildman–Crippen MR) is 89.5 cm³/mol. The van der Waals surface area contributed by atoms with Crippen LogP contribution in [0.2, 0.25) is 0 Å². The third kappa shape index (κ3) is 7.12. The van der Waals surface area contributed by atoms with Crippen LogP contribution in [0.1, 0.15) is 20.8 Å². The van der Waals surface area contributed by atoms with Crippen molar-refractivity contribution in [3.63, 3.8) is 0 Å². The maximum absolute atomic E-state index is 5.82. The second-order valence-electron chi connectivity index (χ2n) is 4.95. The molecule has 5 nitrogen and oxygen atoms in total. The number of hydrogen-bond donors (Lipinski definition) is 0. The molecular weight excluding hydrogens is 288 g/mol. The quantitative estimate of drug-likeness (QED) is 0.413. The Morgan fingerprint density at radius 2 is 1.30 bits per heavy atom. The van der Waals surface area contributed by atoms with Crippen LogP contribution in [0.25, 0.3) is 0 Å². The molecule has 0 heterocycles. The molecule has 0 atom stereocenters. The molecule has 0 spiro atoms. The molecule has 0 aromatic heterocycles. The van der Waals surface area contributed by atoms with E-state index in [2.05, 4.69) is 49.4 Å². The van der Waals surface area contributed by atoms with Gasteiger partial charge in [0, 0.05) is 25.6 Å². The van der Waals surface area contributed by atoms with Crippen LogP contribution in [-0.4, -0.2) is 81.9 Å². The smallest absolute Gasteiger partial charge is 0.371 e. The molecular formula is C13H32N2O3Si2. The van der Waals surface area contributed by atoms with Crippen molar-refractivity contribution in [2.45, 2.75) is 26.6 Å². The zero-order valence-electron chi connectivity index (χ0n) is 14.2. The average Bonchev–Trinajstić information content (AvgIpc) is 2.34. The number of hydrogen-bond acceptors (Lipinski definition) is 5. The normalized spacial score (nSPS) is 13.9. The summed E-state index contributed by atoms with van der Waals surface area (Å²) in [5.74, 6) is 0.489. The lowest BCUT2D eigenvalue weighted by Crippen LogP contribution is -2.46. The molecule has 120 valence electrons. The molecule has 0 saturated carbocycles. The first-order valence-electron chi connectivity index (χ1n) is 7.34. The molecule has 0 fully saturated rings. The largest absolute Gasteiger partial charge is 0.528 e. The highest BCUT2D eigenvalue weighted by molar-refractivity contribution is 6.67. The number of nitrogens with zero attached hydrogens (tertiary/aromatic N) is 2. The minimum absolute atomic E-state index is 0.434. The summed E-state index contributed by atoms with van der Waals surface area (Å²) in [6.07, 6.45) is 0. The van der Waals surface area contributed by atoms with Gasteiger partial charge in [0.1, 0.15) is 0 Å². The van der Waals surface area contributed by atoms with Gasteiger partial charge in [0.05, 0.1) is 9.52 Å². The Morgan fingerprint density at radius 1 is 0.900 bits per heavy atom. The van der Waals surface area contributed by atoms with Gasteiger partial charge < -0.3 is 13.3 Å². The third-order valence-electron chi connectivity index (χ3n) is 2.90. The molecule has 0 aliphatic heterocycles. The second-order valence-corrected chi connectivity index (χ2v) is 9.03. The van der Waals surface area contributed by atoms with Gasteiger partial charge in [-0.1, -0.05) is 5.70 Å². The lowest BCUT2D eigenvalue weighted by Gasteiger charge is -2.30. The summed E-state index contributed by atoms with van der Waals surface area (Å²) < 4.78 is 17.4. The Kier molecular flexibility index (Phi) is 10.7. The van der Waals surface area contributed by atoms with Crippen LogP contribution in [0.15, 0.2) is 11.4 Å². The molecule has 0 amide bonds. The molecule has 0 bridgehead atoms. The van der Waals surface area contributed by atoms with E-state index in [0.29, 0.717) is 25.6 Å². The molecule has 20 heavy (non-hydrogen) atoms. The molecule has 0 rings (SSSR count). The highest BCUT2D eigenvalue weighted by Crippen LogP contribution is 2.12. The highest BCUT2D eigenvalue weighted by Gasteiger charge is 2.37. The molecule has 0 unspecified atom stereocenters. The summed E-state index contributed by atoms with van der Waals surface area (Å²) in [7, 11) is 5.41. The van der Waals surface area contributed by atoms with Crippen molar-refractivity contribution >= 4 is 18.3 Å². The molecule has 0 aromatic rings. The van der Waals surface area contributed by atoms with Crippen molar-refractivity contribution in [1.29, 1.82) is 0 Å². The van der Waals surface area contributed by atoms with Crippen molar-refractivity contribution in [2.75, 3.05) is 48.0 Å². The fourth-order valence-electron chi connectivity index (χ4n) is 2.09. The lowest BCUT2D eigenvalue weighted by atomic mass is 10.8. The molecule has 0 N–H and O–H groups in total. The first-order chi connectivity index (χ1) is 9.42.